The van der Waals surface area contributed by atoms with Crippen molar-refractivity contribution in [1.82, 2.24) is 20.4 Å². The van der Waals surface area contributed by atoms with Crippen LogP contribution in [0, 0.1) is 0 Å². The van der Waals surface area contributed by atoms with Gasteiger partial charge >= 0.3 is 6.03 Å². The highest BCUT2D eigenvalue weighted by Crippen LogP contribution is 2.26. The minimum atomic E-state index is -0.0274. The molecule has 0 spiro atoms. The normalized spacial score (nSPS) is 14.6. The molecule has 0 unspecified atom stereocenters. The molecule has 1 aromatic heterocycles. The predicted octanol–water partition coefficient (Wildman–Crippen LogP) is 3.88. The van der Waals surface area contributed by atoms with E-state index < -0.39 is 0 Å². The average Bonchev–Trinajstić information content (AvgIpc) is 3.28. The van der Waals surface area contributed by atoms with Crippen molar-refractivity contribution in [3.8, 4) is 0 Å². The Morgan fingerprint density at radius 1 is 1.00 bits per heavy atom. The number of nitrogens with zero attached hydrogens (tertiary/aromatic N) is 3. The van der Waals surface area contributed by atoms with Gasteiger partial charge in [-0.25, -0.2) is 4.79 Å². The molecular formula is C23H26N4O3. The first-order chi connectivity index (χ1) is 14.8. The third-order valence-corrected chi connectivity index (χ3v) is 5.25. The monoisotopic (exact) mass is 406 g/mol. The van der Waals surface area contributed by atoms with Crippen LogP contribution in [0.1, 0.15) is 41.6 Å². The van der Waals surface area contributed by atoms with Gasteiger partial charge in [0.05, 0.1) is 6.61 Å². The van der Waals surface area contributed by atoms with Crippen molar-refractivity contribution in [2.75, 3.05) is 13.1 Å². The van der Waals surface area contributed by atoms with E-state index in [1.165, 1.54) is 0 Å². The summed E-state index contributed by atoms with van der Waals surface area (Å²) in [6, 6.07) is 19.9. The summed E-state index contributed by atoms with van der Waals surface area (Å²) in [5.74, 6) is 1.40. The van der Waals surface area contributed by atoms with Crippen molar-refractivity contribution in [2.24, 2.45) is 0 Å². The third-order valence-electron chi connectivity index (χ3n) is 5.25. The average molecular weight is 406 g/mol. The van der Waals surface area contributed by atoms with Gasteiger partial charge in [0, 0.05) is 25.6 Å². The van der Waals surface area contributed by atoms with Crippen molar-refractivity contribution < 1.29 is 14.1 Å². The molecule has 7 nitrogen and oxygen atoms in total. The molecule has 3 aromatic rings. The molecule has 0 bridgehead atoms. The van der Waals surface area contributed by atoms with Crippen LogP contribution in [0.15, 0.2) is 65.2 Å². The van der Waals surface area contributed by atoms with Crippen molar-refractivity contribution in [1.29, 1.82) is 0 Å². The molecule has 0 saturated carbocycles. The maximum absolute atomic E-state index is 12.4. The number of ether oxygens (including phenoxy) is 1. The molecule has 2 heterocycles. The van der Waals surface area contributed by atoms with Gasteiger partial charge in [0.2, 0.25) is 0 Å². The summed E-state index contributed by atoms with van der Waals surface area (Å²) in [4.78, 5) is 18.7. The van der Waals surface area contributed by atoms with Crippen molar-refractivity contribution in [2.45, 2.75) is 38.5 Å². The zero-order valence-corrected chi connectivity index (χ0v) is 16.9. The minimum absolute atomic E-state index is 0.0274. The number of likely N-dealkylation sites (tertiary alicyclic amines) is 1. The molecule has 30 heavy (non-hydrogen) atoms. The first-order valence-corrected chi connectivity index (χ1v) is 10.3. The fourth-order valence-corrected chi connectivity index (χ4v) is 3.55. The van der Waals surface area contributed by atoms with Crippen LogP contribution >= 0.6 is 0 Å². The number of aromatic nitrogens is 2. The number of hydrogen-bond acceptors (Lipinski definition) is 5. The zero-order chi connectivity index (χ0) is 20.6. The lowest BCUT2D eigenvalue weighted by atomic mass is 9.96. The lowest BCUT2D eigenvalue weighted by molar-refractivity contribution is 0.0850. The standard InChI is InChI=1S/C23H26N4O3/c28-23(24-15-18-7-3-1-4-8-18)27-13-11-20(12-14-27)22-25-21(30-26-22)17-29-16-19-9-5-2-6-10-19/h1-10,20H,11-17H2,(H,24,28). The molecule has 1 saturated heterocycles. The van der Waals surface area contributed by atoms with E-state index in [1.54, 1.807) is 0 Å². The number of piperidine rings is 1. The summed E-state index contributed by atoms with van der Waals surface area (Å²) in [7, 11) is 0. The number of rotatable bonds is 7. The minimum Gasteiger partial charge on any atom is -0.367 e. The maximum Gasteiger partial charge on any atom is 0.317 e. The van der Waals surface area contributed by atoms with Gasteiger partial charge in [-0.15, -0.1) is 0 Å². The number of hydrogen-bond donors (Lipinski definition) is 1. The van der Waals surface area contributed by atoms with Gasteiger partial charge in [-0.05, 0) is 24.0 Å². The maximum atomic E-state index is 12.4. The van der Waals surface area contributed by atoms with E-state index >= 15 is 0 Å². The Morgan fingerprint density at radius 2 is 1.67 bits per heavy atom. The van der Waals surface area contributed by atoms with Crippen LogP contribution in [0.25, 0.3) is 0 Å². The Morgan fingerprint density at radius 3 is 2.37 bits per heavy atom. The Labute approximate surface area is 176 Å². The van der Waals surface area contributed by atoms with Crippen LogP contribution in [0.2, 0.25) is 0 Å². The topological polar surface area (TPSA) is 80.5 Å². The van der Waals surface area contributed by atoms with Gasteiger partial charge in [-0.2, -0.15) is 4.98 Å². The number of amides is 2. The molecule has 1 fully saturated rings. The highest BCUT2D eigenvalue weighted by Gasteiger charge is 2.27. The molecule has 2 amide bonds. The summed E-state index contributed by atoms with van der Waals surface area (Å²) in [5.41, 5.74) is 2.20. The van der Waals surface area contributed by atoms with Crippen molar-refractivity contribution in [3.63, 3.8) is 0 Å². The second kappa shape index (κ2) is 10.0. The molecule has 4 rings (SSSR count). The summed E-state index contributed by atoms with van der Waals surface area (Å²) >= 11 is 0. The van der Waals surface area contributed by atoms with Crippen LogP contribution in [0.5, 0.6) is 0 Å². The molecule has 7 heteroatoms. The van der Waals surface area contributed by atoms with Gasteiger partial charge in [-0.3, -0.25) is 0 Å². The lowest BCUT2D eigenvalue weighted by Gasteiger charge is -2.30. The van der Waals surface area contributed by atoms with Crippen molar-refractivity contribution in [3.05, 3.63) is 83.5 Å². The predicted molar refractivity (Wildman–Crippen MR) is 111 cm³/mol. The number of carbonyl (C=O) groups excluding carboxylic acids is 1. The Bertz CT molecular complexity index is 922. The summed E-state index contributed by atoms with van der Waals surface area (Å²) in [6.07, 6.45) is 1.64. The smallest absolute Gasteiger partial charge is 0.317 e. The molecule has 0 aliphatic carbocycles. The van der Waals surface area contributed by atoms with Gasteiger partial charge in [-0.1, -0.05) is 65.8 Å². The quantitative estimate of drug-likeness (QED) is 0.644. The highest BCUT2D eigenvalue weighted by atomic mass is 16.5. The van der Waals surface area contributed by atoms with Gasteiger partial charge in [0.25, 0.3) is 5.89 Å². The second-order valence-electron chi connectivity index (χ2n) is 7.43. The van der Waals surface area contributed by atoms with Crippen LogP contribution in [0.3, 0.4) is 0 Å². The largest absolute Gasteiger partial charge is 0.367 e. The fourth-order valence-electron chi connectivity index (χ4n) is 3.55. The first-order valence-electron chi connectivity index (χ1n) is 10.3. The van der Waals surface area contributed by atoms with Gasteiger partial charge in [0.1, 0.15) is 6.61 Å². The van der Waals surface area contributed by atoms with Crippen molar-refractivity contribution >= 4 is 6.03 Å². The van der Waals surface area contributed by atoms with E-state index in [1.807, 2.05) is 65.6 Å². The van der Waals surface area contributed by atoms with E-state index in [0.29, 0.717) is 44.6 Å². The van der Waals surface area contributed by atoms with Crippen LogP contribution in [-0.2, 0) is 24.5 Å². The van der Waals surface area contributed by atoms with Gasteiger partial charge in [0.15, 0.2) is 5.82 Å². The lowest BCUT2D eigenvalue weighted by Crippen LogP contribution is -2.43. The van der Waals surface area contributed by atoms with Crippen LogP contribution < -0.4 is 5.32 Å². The molecule has 1 aliphatic heterocycles. The molecule has 156 valence electrons. The summed E-state index contributed by atoms with van der Waals surface area (Å²) in [5, 5.41) is 7.11. The first kappa shape index (κ1) is 20.1. The molecule has 0 radical (unpaired) electrons. The van der Waals surface area contributed by atoms with E-state index in [4.69, 9.17) is 9.26 Å². The summed E-state index contributed by atoms with van der Waals surface area (Å²) in [6.45, 7) is 2.70. The Hall–Kier alpha value is -3.19. The zero-order valence-electron chi connectivity index (χ0n) is 16.9. The molecule has 1 aliphatic rings. The molecule has 1 N–H and O–H groups in total. The Balaban J connectivity index is 1.20. The molecule has 2 aromatic carbocycles. The fraction of sp³-hybridized carbons (Fsp3) is 0.348. The van der Waals surface area contributed by atoms with E-state index in [0.717, 1.165) is 24.0 Å². The molecule has 0 atom stereocenters. The Kier molecular flexibility index (Phi) is 6.72. The van der Waals surface area contributed by atoms with Crippen LogP contribution in [-0.4, -0.2) is 34.2 Å². The molecular weight excluding hydrogens is 380 g/mol. The van der Waals surface area contributed by atoms with Crippen LogP contribution in [0.4, 0.5) is 4.79 Å². The third kappa shape index (κ3) is 5.45. The van der Waals surface area contributed by atoms with E-state index in [-0.39, 0.29) is 11.9 Å². The highest BCUT2D eigenvalue weighted by molar-refractivity contribution is 5.74. The number of urea groups is 1. The number of carbonyl (C=O) groups is 1. The van der Waals surface area contributed by atoms with E-state index in [2.05, 4.69) is 15.5 Å². The SMILES string of the molecule is O=C(NCc1ccccc1)N1CCC(c2noc(COCc3ccccc3)n2)CC1. The number of nitrogens with one attached hydrogen (secondary N) is 1. The van der Waals surface area contributed by atoms with Gasteiger partial charge < -0.3 is 19.5 Å². The number of benzene rings is 2. The van der Waals surface area contributed by atoms with E-state index in [9.17, 15) is 4.79 Å². The summed E-state index contributed by atoms with van der Waals surface area (Å²) < 4.78 is 11.0. The second-order valence-corrected chi connectivity index (χ2v) is 7.43.